The molecular weight excluding hydrogens is 242 g/mol. The molecule has 19 heavy (non-hydrogen) atoms. The number of aryl methyl sites for hydroxylation is 1. The second-order valence-electron chi connectivity index (χ2n) is 4.47. The second kappa shape index (κ2) is 8.26. The number of hydrogen-bond acceptors (Lipinski definition) is 3. The highest BCUT2D eigenvalue weighted by molar-refractivity contribution is 5.85. The molecule has 0 aliphatic rings. The number of nitrogens with one attached hydrogen (secondary N) is 2. The van der Waals surface area contributed by atoms with E-state index in [1.54, 1.807) is 0 Å². The number of rotatable bonds is 7. The lowest BCUT2D eigenvalue weighted by Crippen LogP contribution is -2.42. The quantitative estimate of drug-likeness (QED) is 0.657. The predicted octanol–water partition coefficient (Wildman–Crippen LogP) is 0.199. The highest BCUT2D eigenvalue weighted by Gasteiger charge is 2.08. The fourth-order valence-corrected chi connectivity index (χ4v) is 1.68. The molecule has 0 heterocycles. The maximum absolute atomic E-state index is 11.5. The van der Waals surface area contributed by atoms with Crippen molar-refractivity contribution in [1.82, 2.24) is 10.6 Å². The zero-order valence-electron chi connectivity index (χ0n) is 11.2. The van der Waals surface area contributed by atoms with Crippen LogP contribution >= 0.6 is 0 Å². The lowest BCUT2D eigenvalue weighted by atomic mass is 10.1. The minimum atomic E-state index is -0.327. The van der Waals surface area contributed by atoms with Gasteiger partial charge in [0.05, 0.1) is 13.1 Å². The van der Waals surface area contributed by atoms with Crippen LogP contribution in [-0.2, 0) is 16.0 Å². The predicted molar refractivity (Wildman–Crippen MR) is 74.4 cm³/mol. The third-order valence-electron chi connectivity index (χ3n) is 2.75. The average Bonchev–Trinajstić information content (AvgIpc) is 2.43. The molecule has 5 heteroatoms. The highest BCUT2D eigenvalue weighted by Crippen LogP contribution is 2.04. The van der Waals surface area contributed by atoms with Crippen LogP contribution in [0.2, 0.25) is 0 Å². The van der Waals surface area contributed by atoms with Crippen molar-refractivity contribution in [3.63, 3.8) is 0 Å². The molecule has 0 saturated carbocycles. The van der Waals surface area contributed by atoms with Gasteiger partial charge in [0.25, 0.3) is 0 Å². The molecule has 1 aromatic carbocycles. The van der Waals surface area contributed by atoms with Crippen LogP contribution in [0.25, 0.3) is 0 Å². The van der Waals surface area contributed by atoms with Gasteiger partial charge in [-0.15, -0.1) is 0 Å². The van der Waals surface area contributed by atoms with Crippen LogP contribution in [-0.4, -0.2) is 30.9 Å². The molecule has 1 unspecified atom stereocenters. The third kappa shape index (κ3) is 6.57. The monoisotopic (exact) mass is 263 g/mol. The summed E-state index contributed by atoms with van der Waals surface area (Å²) in [5, 5.41) is 5.27. The number of nitrogens with two attached hydrogens (primary N) is 1. The van der Waals surface area contributed by atoms with E-state index in [0.29, 0.717) is 0 Å². The van der Waals surface area contributed by atoms with E-state index in [0.717, 1.165) is 12.8 Å². The summed E-state index contributed by atoms with van der Waals surface area (Å²) in [6, 6.07) is 10.2. The summed E-state index contributed by atoms with van der Waals surface area (Å²) in [5.74, 6) is -0.519. The van der Waals surface area contributed by atoms with Crippen molar-refractivity contribution in [2.45, 2.75) is 25.8 Å². The van der Waals surface area contributed by atoms with Gasteiger partial charge in [-0.3, -0.25) is 9.59 Å². The van der Waals surface area contributed by atoms with Crippen molar-refractivity contribution in [1.29, 1.82) is 0 Å². The van der Waals surface area contributed by atoms with Gasteiger partial charge in [-0.25, -0.2) is 0 Å². The fraction of sp³-hybridized carbons (Fsp3) is 0.429. The SMILES string of the molecule is CC(CCc1ccccc1)NC(=O)CNC(=O)CN. The Bertz CT molecular complexity index is 406. The molecule has 104 valence electrons. The first kappa shape index (κ1) is 15.2. The highest BCUT2D eigenvalue weighted by atomic mass is 16.2. The van der Waals surface area contributed by atoms with Gasteiger partial charge in [-0.1, -0.05) is 30.3 Å². The molecule has 1 aromatic rings. The summed E-state index contributed by atoms with van der Waals surface area (Å²) in [7, 11) is 0. The standard InChI is InChI=1S/C14H21N3O2/c1-11(7-8-12-5-3-2-4-6-12)17-14(19)10-16-13(18)9-15/h2-6,11H,7-10,15H2,1H3,(H,16,18)(H,17,19). The zero-order chi connectivity index (χ0) is 14.1. The van der Waals surface area contributed by atoms with Gasteiger partial charge < -0.3 is 16.4 Å². The maximum atomic E-state index is 11.5. The first-order valence-corrected chi connectivity index (χ1v) is 6.42. The van der Waals surface area contributed by atoms with E-state index >= 15 is 0 Å². The van der Waals surface area contributed by atoms with E-state index in [2.05, 4.69) is 22.8 Å². The van der Waals surface area contributed by atoms with Gasteiger partial charge in [0.15, 0.2) is 0 Å². The van der Waals surface area contributed by atoms with Crippen LogP contribution in [0.5, 0.6) is 0 Å². The Kier molecular flexibility index (Phi) is 6.60. The van der Waals surface area contributed by atoms with Crippen LogP contribution < -0.4 is 16.4 Å². The molecule has 0 bridgehead atoms. The molecule has 0 spiro atoms. The Labute approximate surface area is 113 Å². The number of benzene rings is 1. The van der Waals surface area contributed by atoms with Gasteiger partial charge in [0.2, 0.25) is 11.8 Å². The Hall–Kier alpha value is -1.88. The Morgan fingerprint density at radius 2 is 1.89 bits per heavy atom. The molecule has 0 saturated heterocycles. The Morgan fingerprint density at radius 1 is 1.21 bits per heavy atom. The Balaban J connectivity index is 2.21. The van der Waals surface area contributed by atoms with Crippen molar-refractivity contribution in [2.24, 2.45) is 5.73 Å². The minimum Gasteiger partial charge on any atom is -0.352 e. The largest absolute Gasteiger partial charge is 0.352 e. The topological polar surface area (TPSA) is 84.2 Å². The molecule has 5 nitrogen and oxygen atoms in total. The van der Waals surface area contributed by atoms with E-state index in [9.17, 15) is 9.59 Å². The van der Waals surface area contributed by atoms with Crippen molar-refractivity contribution in [3.05, 3.63) is 35.9 Å². The van der Waals surface area contributed by atoms with Crippen molar-refractivity contribution >= 4 is 11.8 Å². The van der Waals surface area contributed by atoms with Gasteiger partial charge >= 0.3 is 0 Å². The first-order valence-electron chi connectivity index (χ1n) is 6.42. The van der Waals surface area contributed by atoms with E-state index in [4.69, 9.17) is 5.73 Å². The second-order valence-corrected chi connectivity index (χ2v) is 4.47. The summed E-state index contributed by atoms with van der Waals surface area (Å²) in [6.45, 7) is 1.83. The number of carbonyl (C=O) groups excluding carboxylic acids is 2. The number of hydrogen-bond donors (Lipinski definition) is 3. The van der Waals surface area contributed by atoms with Gasteiger partial charge in [-0.05, 0) is 25.3 Å². The van der Waals surface area contributed by atoms with Crippen LogP contribution in [0.15, 0.2) is 30.3 Å². The maximum Gasteiger partial charge on any atom is 0.239 e. The first-order chi connectivity index (χ1) is 9.11. The number of amides is 2. The fourth-order valence-electron chi connectivity index (χ4n) is 1.68. The average molecular weight is 263 g/mol. The van der Waals surface area contributed by atoms with Gasteiger partial charge in [-0.2, -0.15) is 0 Å². The smallest absolute Gasteiger partial charge is 0.239 e. The molecule has 1 rings (SSSR count). The third-order valence-corrected chi connectivity index (χ3v) is 2.75. The molecule has 0 aromatic heterocycles. The molecule has 1 atom stereocenters. The van der Waals surface area contributed by atoms with Crippen LogP contribution in [0.4, 0.5) is 0 Å². The van der Waals surface area contributed by atoms with E-state index in [-0.39, 0.29) is 30.9 Å². The summed E-state index contributed by atoms with van der Waals surface area (Å²) in [5.41, 5.74) is 6.38. The van der Waals surface area contributed by atoms with Crippen molar-refractivity contribution in [2.75, 3.05) is 13.1 Å². The molecule has 0 fully saturated rings. The van der Waals surface area contributed by atoms with Crippen LogP contribution in [0.3, 0.4) is 0 Å². The van der Waals surface area contributed by atoms with E-state index in [1.807, 2.05) is 25.1 Å². The van der Waals surface area contributed by atoms with Crippen molar-refractivity contribution in [3.8, 4) is 0 Å². The molecule has 4 N–H and O–H groups in total. The van der Waals surface area contributed by atoms with Gasteiger partial charge in [0.1, 0.15) is 0 Å². The molecule has 0 aliphatic heterocycles. The molecule has 2 amide bonds. The summed E-state index contributed by atoms with van der Waals surface area (Å²) < 4.78 is 0. The zero-order valence-corrected chi connectivity index (χ0v) is 11.2. The summed E-state index contributed by atoms with van der Waals surface area (Å²) >= 11 is 0. The molecule has 0 aliphatic carbocycles. The lowest BCUT2D eigenvalue weighted by Gasteiger charge is -2.14. The molecular formula is C14H21N3O2. The minimum absolute atomic E-state index is 0.0221. The summed E-state index contributed by atoms with van der Waals surface area (Å²) in [4.78, 5) is 22.4. The van der Waals surface area contributed by atoms with Crippen LogP contribution in [0, 0.1) is 0 Å². The van der Waals surface area contributed by atoms with Gasteiger partial charge in [0, 0.05) is 6.04 Å². The number of carbonyl (C=O) groups is 2. The van der Waals surface area contributed by atoms with E-state index in [1.165, 1.54) is 5.56 Å². The van der Waals surface area contributed by atoms with Crippen LogP contribution in [0.1, 0.15) is 18.9 Å². The van der Waals surface area contributed by atoms with Crippen molar-refractivity contribution < 1.29 is 9.59 Å². The Morgan fingerprint density at radius 3 is 2.53 bits per heavy atom. The summed E-state index contributed by atoms with van der Waals surface area (Å²) in [6.07, 6.45) is 1.78. The normalized spacial score (nSPS) is 11.7. The molecule has 0 radical (unpaired) electrons. The lowest BCUT2D eigenvalue weighted by molar-refractivity contribution is -0.125. The van der Waals surface area contributed by atoms with E-state index < -0.39 is 0 Å².